The summed E-state index contributed by atoms with van der Waals surface area (Å²) in [6.07, 6.45) is -0.283. The van der Waals surface area contributed by atoms with Crippen molar-refractivity contribution in [1.29, 1.82) is 0 Å². The van der Waals surface area contributed by atoms with Gasteiger partial charge in [-0.2, -0.15) is 5.10 Å². The maximum atomic E-state index is 13.3. The molecular formula is C14H17FN2O. The number of hydrogen-bond donors (Lipinski definition) is 1. The Balaban J connectivity index is 2.21. The third-order valence-electron chi connectivity index (χ3n) is 2.95. The Labute approximate surface area is 106 Å². The van der Waals surface area contributed by atoms with E-state index in [2.05, 4.69) is 5.10 Å². The van der Waals surface area contributed by atoms with Crippen LogP contribution in [0.2, 0.25) is 0 Å². The molecule has 0 fully saturated rings. The lowest BCUT2D eigenvalue weighted by atomic mass is 10.0. The molecule has 0 aliphatic carbocycles. The van der Waals surface area contributed by atoms with Crippen LogP contribution in [0.15, 0.2) is 24.3 Å². The fourth-order valence-corrected chi connectivity index (χ4v) is 2.13. The van der Waals surface area contributed by atoms with Crippen molar-refractivity contribution in [3.05, 3.63) is 52.6 Å². The van der Waals surface area contributed by atoms with Gasteiger partial charge in [0.2, 0.25) is 0 Å². The predicted octanol–water partition coefficient (Wildman–Crippen LogP) is 2.45. The Hall–Kier alpha value is -1.68. The average molecular weight is 248 g/mol. The summed E-state index contributed by atoms with van der Waals surface area (Å²) in [6, 6.07) is 6.55. The normalized spacial score (nSPS) is 12.7. The molecule has 0 aliphatic rings. The first-order valence-electron chi connectivity index (χ1n) is 5.90. The van der Waals surface area contributed by atoms with E-state index in [1.807, 2.05) is 27.0 Å². The molecule has 1 heterocycles. The largest absolute Gasteiger partial charge is 0.388 e. The second kappa shape index (κ2) is 4.90. The zero-order chi connectivity index (χ0) is 13.3. The molecule has 1 aromatic heterocycles. The fourth-order valence-electron chi connectivity index (χ4n) is 2.13. The zero-order valence-corrected chi connectivity index (χ0v) is 10.8. The van der Waals surface area contributed by atoms with Gasteiger partial charge in [0, 0.05) is 19.2 Å². The first kappa shape index (κ1) is 12.8. The standard InChI is InChI=1S/C14H17FN2O/c1-9-4-11(7-12(15)5-9)14(18)8-13-6-10(2)16-17(13)3/h4-7,14,18H,8H2,1-3H3. The van der Waals surface area contributed by atoms with Gasteiger partial charge in [-0.15, -0.1) is 0 Å². The highest BCUT2D eigenvalue weighted by molar-refractivity contribution is 5.26. The van der Waals surface area contributed by atoms with E-state index in [9.17, 15) is 9.50 Å². The van der Waals surface area contributed by atoms with Gasteiger partial charge in [0.15, 0.2) is 0 Å². The van der Waals surface area contributed by atoms with E-state index >= 15 is 0 Å². The molecule has 1 aromatic carbocycles. The lowest BCUT2D eigenvalue weighted by molar-refractivity contribution is 0.175. The Bertz CT molecular complexity index is 543. The van der Waals surface area contributed by atoms with Gasteiger partial charge in [-0.3, -0.25) is 4.68 Å². The van der Waals surface area contributed by atoms with E-state index in [-0.39, 0.29) is 5.82 Å². The lowest BCUT2D eigenvalue weighted by Crippen LogP contribution is -2.07. The molecule has 0 radical (unpaired) electrons. The zero-order valence-electron chi connectivity index (χ0n) is 10.8. The second-order valence-corrected chi connectivity index (χ2v) is 4.68. The summed E-state index contributed by atoms with van der Waals surface area (Å²) in [7, 11) is 1.84. The summed E-state index contributed by atoms with van der Waals surface area (Å²) >= 11 is 0. The van der Waals surface area contributed by atoms with Crippen LogP contribution in [0, 0.1) is 19.7 Å². The molecule has 3 nitrogen and oxygen atoms in total. The molecule has 0 saturated carbocycles. The van der Waals surface area contributed by atoms with Crippen LogP contribution >= 0.6 is 0 Å². The quantitative estimate of drug-likeness (QED) is 0.906. The molecule has 4 heteroatoms. The van der Waals surface area contributed by atoms with Crippen molar-refractivity contribution in [3.63, 3.8) is 0 Å². The van der Waals surface area contributed by atoms with Gasteiger partial charge in [-0.1, -0.05) is 6.07 Å². The molecule has 0 amide bonds. The minimum atomic E-state index is -0.714. The van der Waals surface area contributed by atoms with E-state index in [4.69, 9.17) is 0 Å². The number of benzene rings is 1. The molecular weight excluding hydrogens is 231 g/mol. The molecule has 1 unspecified atom stereocenters. The number of aromatic nitrogens is 2. The Kier molecular flexibility index (Phi) is 3.48. The summed E-state index contributed by atoms with van der Waals surface area (Å²) in [5, 5.41) is 14.4. The molecule has 2 rings (SSSR count). The first-order valence-corrected chi connectivity index (χ1v) is 5.90. The number of aliphatic hydroxyl groups excluding tert-OH is 1. The van der Waals surface area contributed by atoms with Crippen molar-refractivity contribution in [3.8, 4) is 0 Å². The van der Waals surface area contributed by atoms with Gasteiger partial charge >= 0.3 is 0 Å². The van der Waals surface area contributed by atoms with Gasteiger partial charge in [-0.05, 0) is 43.2 Å². The highest BCUT2D eigenvalue weighted by Gasteiger charge is 2.13. The summed E-state index contributed by atoms with van der Waals surface area (Å²) in [5.41, 5.74) is 3.26. The minimum absolute atomic E-state index is 0.315. The molecule has 2 aromatic rings. The highest BCUT2D eigenvalue weighted by atomic mass is 19.1. The number of rotatable bonds is 3. The van der Waals surface area contributed by atoms with Gasteiger partial charge < -0.3 is 5.11 Å². The van der Waals surface area contributed by atoms with Gasteiger partial charge in [0.05, 0.1) is 11.8 Å². The Morgan fingerprint density at radius 1 is 1.28 bits per heavy atom. The molecule has 1 atom stereocenters. The summed E-state index contributed by atoms with van der Waals surface area (Å²) in [6.45, 7) is 3.72. The fraction of sp³-hybridized carbons (Fsp3) is 0.357. The number of nitrogens with zero attached hydrogens (tertiary/aromatic N) is 2. The molecule has 1 N–H and O–H groups in total. The maximum Gasteiger partial charge on any atom is 0.123 e. The van der Waals surface area contributed by atoms with Crippen molar-refractivity contribution in [2.24, 2.45) is 7.05 Å². The van der Waals surface area contributed by atoms with E-state index in [1.54, 1.807) is 10.7 Å². The smallest absolute Gasteiger partial charge is 0.123 e. The predicted molar refractivity (Wildman–Crippen MR) is 67.7 cm³/mol. The Morgan fingerprint density at radius 3 is 2.56 bits per heavy atom. The van der Waals surface area contributed by atoms with Crippen LogP contribution < -0.4 is 0 Å². The summed E-state index contributed by atoms with van der Waals surface area (Å²) < 4.78 is 15.0. The van der Waals surface area contributed by atoms with Crippen LogP contribution in [0.25, 0.3) is 0 Å². The maximum absolute atomic E-state index is 13.3. The minimum Gasteiger partial charge on any atom is -0.388 e. The second-order valence-electron chi connectivity index (χ2n) is 4.68. The summed E-state index contributed by atoms with van der Waals surface area (Å²) in [4.78, 5) is 0. The van der Waals surface area contributed by atoms with Crippen molar-refractivity contribution in [2.45, 2.75) is 26.4 Å². The summed E-state index contributed by atoms with van der Waals surface area (Å²) in [5.74, 6) is -0.315. The van der Waals surface area contributed by atoms with E-state index in [0.29, 0.717) is 12.0 Å². The molecule has 0 aliphatic heterocycles. The van der Waals surface area contributed by atoms with Crippen molar-refractivity contribution >= 4 is 0 Å². The number of aliphatic hydroxyl groups is 1. The van der Waals surface area contributed by atoms with Crippen molar-refractivity contribution < 1.29 is 9.50 Å². The molecule has 0 saturated heterocycles. The van der Waals surface area contributed by atoms with Crippen molar-refractivity contribution in [1.82, 2.24) is 9.78 Å². The van der Waals surface area contributed by atoms with Crippen LogP contribution in [-0.4, -0.2) is 14.9 Å². The first-order chi connectivity index (χ1) is 8.45. The molecule has 0 bridgehead atoms. The third-order valence-corrected chi connectivity index (χ3v) is 2.95. The SMILES string of the molecule is Cc1cc(F)cc(C(O)Cc2cc(C)nn2C)c1. The number of hydrogen-bond acceptors (Lipinski definition) is 2. The van der Waals surface area contributed by atoms with Gasteiger partial charge in [-0.25, -0.2) is 4.39 Å². The molecule has 18 heavy (non-hydrogen) atoms. The van der Waals surface area contributed by atoms with Crippen LogP contribution in [0.4, 0.5) is 4.39 Å². The lowest BCUT2D eigenvalue weighted by Gasteiger charge is -2.12. The van der Waals surface area contributed by atoms with Crippen LogP contribution in [0.5, 0.6) is 0 Å². The monoisotopic (exact) mass is 248 g/mol. The van der Waals surface area contributed by atoms with Crippen LogP contribution in [-0.2, 0) is 13.5 Å². The number of aryl methyl sites for hydroxylation is 3. The van der Waals surface area contributed by atoms with Crippen LogP contribution in [0.1, 0.15) is 28.6 Å². The van der Waals surface area contributed by atoms with Gasteiger partial charge in [0.1, 0.15) is 5.82 Å². The highest BCUT2D eigenvalue weighted by Crippen LogP contribution is 2.20. The Morgan fingerprint density at radius 2 is 2.00 bits per heavy atom. The van der Waals surface area contributed by atoms with Gasteiger partial charge in [0.25, 0.3) is 0 Å². The number of halogens is 1. The average Bonchev–Trinajstić information content (AvgIpc) is 2.56. The topological polar surface area (TPSA) is 38.1 Å². The third kappa shape index (κ3) is 2.76. The van der Waals surface area contributed by atoms with Crippen molar-refractivity contribution in [2.75, 3.05) is 0 Å². The molecule has 0 spiro atoms. The van der Waals surface area contributed by atoms with E-state index < -0.39 is 6.10 Å². The van der Waals surface area contributed by atoms with Crippen LogP contribution in [0.3, 0.4) is 0 Å². The van der Waals surface area contributed by atoms with E-state index in [0.717, 1.165) is 17.0 Å². The van der Waals surface area contributed by atoms with E-state index in [1.165, 1.54) is 12.1 Å². The molecule has 96 valence electrons.